The summed E-state index contributed by atoms with van der Waals surface area (Å²) < 4.78 is 0. The van der Waals surface area contributed by atoms with Gasteiger partial charge in [-0.25, -0.2) is 9.97 Å². The van der Waals surface area contributed by atoms with Crippen LogP contribution >= 0.6 is 0 Å². The third kappa shape index (κ3) is 2.92. The van der Waals surface area contributed by atoms with E-state index in [1.807, 2.05) is 4.90 Å². The second-order valence-corrected chi connectivity index (χ2v) is 7.16. The summed E-state index contributed by atoms with van der Waals surface area (Å²) in [4.78, 5) is 25.8. The first-order valence-corrected chi connectivity index (χ1v) is 8.84. The quantitative estimate of drug-likeness (QED) is 0.891. The number of rotatable bonds is 2. The molecule has 4 rings (SSSR count). The summed E-state index contributed by atoms with van der Waals surface area (Å²) in [6, 6.07) is 1.75. The van der Waals surface area contributed by atoms with Crippen molar-refractivity contribution in [3.63, 3.8) is 0 Å². The zero-order valence-corrected chi connectivity index (χ0v) is 13.6. The number of anilines is 1. The van der Waals surface area contributed by atoms with Crippen LogP contribution in [0.25, 0.3) is 0 Å². The monoisotopic (exact) mass is 315 g/mol. The van der Waals surface area contributed by atoms with Crippen LogP contribution in [0.4, 0.5) is 5.95 Å². The van der Waals surface area contributed by atoms with Gasteiger partial charge in [-0.2, -0.15) is 0 Å². The molecular formula is C17H25N5O. The Bertz CT molecular complexity index is 568. The number of nitrogens with one attached hydrogen (secondary N) is 1. The predicted octanol–water partition coefficient (Wildman–Crippen LogP) is 1.29. The minimum absolute atomic E-state index is 0.0636. The molecule has 124 valence electrons. The number of carbonyl (C=O) groups is 1. The fourth-order valence-corrected chi connectivity index (χ4v) is 4.11. The molecule has 23 heavy (non-hydrogen) atoms. The standard InChI is InChI=1S/C17H25N5O/c23-15(21-11-5-17(6-12-21)4-8-18-13-17)14-3-7-19-16(20-14)22-9-1-2-10-22/h3,7,18H,1-2,4-6,8-13H2. The van der Waals surface area contributed by atoms with E-state index in [9.17, 15) is 4.79 Å². The zero-order chi connectivity index (χ0) is 15.7. The van der Waals surface area contributed by atoms with E-state index in [-0.39, 0.29) is 5.91 Å². The van der Waals surface area contributed by atoms with Crippen molar-refractivity contribution in [1.82, 2.24) is 20.2 Å². The number of amides is 1. The van der Waals surface area contributed by atoms with Crippen LogP contribution in [0.15, 0.2) is 12.3 Å². The summed E-state index contributed by atoms with van der Waals surface area (Å²) in [7, 11) is 0. The lowest BCUT2D eigenvalue weighted by atomic mass is 9.78. The fourth-order valence-electron chi connectivity index (χ4n) is 4.11. The second-order valence-electron chi connectivity index (χ2n) is 7.16. The number of likely N-dealkylation sites (tertiary alicyclic amines) is 1. The second kappa shape index (κ2) is 6.07. The molecule has 3 aliphatic heterocycles. The largest absolute Gasteiger partial charge is 0.341 e. The van der Waals surface area contributed by atoms with Crippen LogP contribution in [0.5, 0.6) is 0 Å². The van der Waals surface area contributed by atoms with Crippen molar-refractivity contribution in [1.29, 1.82) is 0 Å². The molecule has 1 aromatic heterocycles. The highest BCUT2D eigenvalue weighted by molar-refractivity contribution is 5.92. The van der Waals surface area contributed by atoms with Crippen molar-refractivity contribution in [3.05, 3.63) is 18.0 Å². The average molecular weight is 315 g/mol. The highest BCUT2D eigenvalue weighted by atomic mass is 16.2. The van der Waals surface area contributed by atoms with E-state index in [0.29, 0.717) is 17.1 Å². The van der Waals surface area contributed by atoms with Crippen LogP contribution in [0, 0.1) is 5.41 Å². The first-order valence-electron chi connectivity index (χ1n) is 8.84. The first kappa shape index (κ1) is 14.9. The Labute approximate surface area is 137 Å². The third-order valence-electron chi connectivity index (χ3n) is 5.69. The van der Waals surface area contributed by atoms with Gasteiger partial charge in [-0.3, -0.25) is 4.79 Å². The first-order chi connectivity index (χ1) is 11.3. The Morgan fingerprint density at radius 2 is 1.91 bits per heavy atom. The molecular weight excluding hydrogens is 290 g/mol. The van der Waals surface area contributed by atoms with Gasteiger partial charge in [0.25, 0.3) is 5.91 Å². The molecule has 0 atom stereocenters. The van der Waals surface area contributed by atoms with Crippen LogP contribution in [0.1, 0.15) is 42.6 Å². The molecule has 4 heterocycles. The van der Waals surface area contributed by atoms with Gasteiger partial charge < -0.3 is 15.1 Å². The Balaban J connectivity index is 1.44. The van der Waals surface area contributed by atoms with Gasteiger partial charge in [-0.15, -0.1) is 0 Å². The van der Waals surface area contributed by atoms with Crippen molar-refractivity contribution in [3.8, 4) is 0 Å². The van der Waals surface area contributed by atoms with Gasteiger partial charge >= 0.3 is 0 Å². The number of hydrogen-bond acceptors (Lipinski definition) is 5. The van der Waals surface area contributed by atoms with Gasteiger partial charge in [0.1, 0.15) is 5.69 Å². The molecule has 0 bridgehead atoms. The normalized spacial score (nSPS) is 23.7. The Morgan fingerprint density at radius 3 is 2.61 bits per heavy atom. The third-order valence-corrected chi connectivity index (χ3v) is 5.69. The summed E-state index contributed by atoms with van der Waals surface area (Å²) in [5, 5.41) is 3.47. The minimum atomic E-state index is 0.0636. The molecule has 1 spiro atoms. The average Bonchev–Trinajstić information content (AvgIpc) is 3.28. The molecule has 1 amide bonds. The van der Waals surface area contributed by atoms with Crippen molar-refractivity contribution in [2.45, 2.75) is 32.1 Å². The lowest BCUT2D eigenvalue weighted by molar-refractivity contribution is 0.0602. The number of hydrogen-bond donors (Lipinski definition) is 1. The zero-order valence-electron chi connectivity index (χ0n) is 13.6. The lowest BCUT2D eigenvalue weighted by Crippen LogP contribution is -2.44. The van der Waals surface area contributed by atoms with Crippen LogP contribution in [-0.4, -0.2) is 60.0 Å². The molecule has 6 heteroatoms. The minimum Gasteiger partial charge on any atom is -0.341 e. The molecule has 1 N–H and O–H groups in total. The van der Waals surface area contributed by atoms with Crippen LogP contribution in [-0.2, 0) is 0 Å². The number of carbonyl (C=O) groups excluding carboxylic acids is 1. The van der Waals surface area contributed by atoms with Gasteiger partial charge in [0.15, 0.2) is 0 Å². The Hall–Kier alpha value is -1.69. The highest BCUT2D eigenvalue weighted by Crippen LogP contribution is 2.37. The lowest BCUT2D eigenvalue weighted by Gasteiger charge is -2.38. The highest BCUT2D eigenvalue weighted by Gasteiger charge is 2.38. The molecule has 3 fully saturated rings. The summed E-state index contributed by atoms with van der Waals surface area (Å²) in [5.41, 5.74) is 0.978. The van der Waals surface area contributed by atoms with Crippen LogP contribution in [0.2, 0.25) is 0 Å². The van der Waals surface area contributed by atoms with E-state index in [0.717, 1.165) is 52.1 Å². The summed E-state index contributed by atoms with van der Waals surface area (Å²) in [5.74, 6) is 0.774. The van der Waals surface area contributed by atoms with Gasteiger partial charge in [0.05, 0.1) is 0 Å². The molecule has 0 saturated carbocycles. The van der Waals surface area contributed by atoms with E-state index < -0.39 is 0 Å². The van der Waals surface area contributed by atoms with Crippen molar-refractivity contribution >= 4 is 11.9 Å². The molecule has 6 nitrogen and oxygen atoms in total. The summed E-state index contributed by atoms with van der Waals surface area (Å²) >= 11 is 0. The maximum absolute atomic E-state index is 12.8. The predicted molar refractivity (Wildman–Crippen MR) is 88.5 cm³/mol. The Morgan fingerprint density at radius 1 is 1.13 bits per heavy atom. The molecule has 1 aromatic rings. The van der Waals surface area contributed by atoms with Crippen molar-refractivity contribution in [2.75, 3.05) is 44.2 Å². The molecule has 0 aromatic carbocycles. The van der Waals surface area contributed by atoms with Crippen LogP contribution < -0.4 is 10.2 Å². The fraction of sp³-hybridized carbons (Fsp3) is 0.706. The molecule has 3 aliphatic rings. The van der Waals surface area contributed by atoms with Gasteiger partial charge in [-0.1, -0.05) is 0 Å². The van der Waals surface area contributed by atoms with E-state index in [4.69, 9.17) is 0 Å². The number of nitrogens with zero attached hydrogens (tertiary/aromatic N) is 4. The Kier molecular flexibility index (Phi) is 3.93. The smallest absolute Gasteiger partial charge is 0.272 e. The molecule has 0 radical (unpaired) electrons. The maximum atomic E-state index is 12.8. The number of aromatic nitrogens is 2. The summed E-state index contributed by atoms with van der Waals surface area (Å²) in [6.45, 7) is 5.93. The van der Waals surface area contributed by atoms with E-state index in [1.165, 1.54) is 19.3 Å². The van der Waals surface area contributed by atoms with E-state index >= 15 is 0 Å². The maximum Gasteiger partial charge on any atom is 0.272 e. The molecule has 0 unspecified atom stereocenters. The molecule has 0 aliphatic carbocycles. The topological polar surface area (TPSA) is 61.4 Å². The van der Waals surface area contributed by atoms with Crippen molar-refractivity contribution in [2.24, 2.45) is 5.41 Å². The van der Waals surface area contributed by atoms with E-state index in [1.54, 1.807) is 12.3 Å². The number of piperidine rings is 1. The van der Waals surface area contributed by atoms with Gasteiger partial charge in [-0.05, 0) is 50.1 Å². The van der Waals surface area contributed by atoms with Gasteiger partial charge in [0.2, 0.25) is 5.95 Å². The van der Waals surface area contributed by atoms with E-state index in [2.05, 4.69) is 20.2 Å². The SMILES string of the molecule is O=C(c1ccnc(N2CCCC2)n1)N1CCC2(CCNC2)CC1. The van der Waals surface area contributed by atoms with Crippen molar-refractivity contribution < 1.29 is 4.79 Å². The molecule has 3 saturated heterocycles. The van der Waals surface area contributed by atoms with Crippen LogP contribution in [0.3, 0.4) is 0 Å². The summed E-state index contributed by atoms with van der Waals surface area (Å²) in [6.07, 6.45) is 7.56. The van der Waals surface area contributed by atoms with Gasteiger partial charge in [0, 0.05) is 38.9 Å².